The minimum Gasteiger partial charge on any atom is -0.356 e. The van der Waals surface area contributed by atoms with Gasteiger partial charge in [-0.25, -0.2) is 4.39 Å². The number of carbonyl (C=O) groups is 2. The average molecular weight is 340 g/mol. The number of para-hydroxylation sites is 1. The molecule has 130 valence electrons. The summed E-state index contributed by atoms with van der Waals surface area (Å²) in [4.78, 5) is 24.1. The lowest BCUT2D eigenvalue weighted by Gasteiger charge is -2.24. The van der Waals surface area contributed by atoms with Crippen LogP contribution in [0.4, 0.5) is 10.1 Å². The Kier molecular flexibility index (Phi) is 5.43. The van der Waals surface area contributed by atoms with Gasteiger partial charge in [0.15, 0.2) is 0 Å². The Labute approximate surface area is 146 Å². The first-order valence-corrected chi connectivity index (χ1v) is 8.52. The first-order valence-electron chi connectivity index (χ1n) is 8.52. The van der Waals surface area contributed by atoms with Crippen LogP contribution in [0.2, 0.25) is 0 Å². The van der Waals surface area contributed by atoms with Crippen LogP contribution in [0.1, 0.15) is 24.0 Å². The van der Waals surface area contributed by atoms with Crippen molar-refractivity contribution < 1.29 is 14.0 Å². The van der Waals surface area contributed by atoms with Crippen LogP contribution in [0.15, 0.2) is 48.5 Å². The zero-order valence-electron chi connectivity index (χ0n) is 13.9. The summed E-state index contributed by atoms with van der Waals surface area (Å²) in [5, 5.41) is 5.69. The molecular formula is C20H21FN2O2. The Morgan fingerprint density at radius 1 is 1.16 bits per heavy atom. The fourth-order valence-corrected chi connectivity index (χ4v) is 3.08. The summed E-state index contributed by atoms with van der Waals surface area (Å²) in [6, 6.07) is 14.3. The molecule has 0 aromatic heterocycles. The summed E-state index contributed by atoms with van der Waals surface area (Å²) >= 11 is 0. The molecule has 0 unspecified atom stereocenters. The minimum atomic E-state index is -0.255. The Hall–Kier alpha value is -2.69. The second-order valence-electron chi connectivity index (χ2n) is 6.28. The molecule has 0 saturated heterocycles. The van der Waals surface area contributed by atoms with Crippen molar-refractivity contribution >= 4 is 17.5 Å². The van der Waals surface area contributed by atoms with Crippen molar-refractivity contribution in [2.24, 2.45) is 5.92 Å². The predicted octanol–water partition coefficient (Wildman–Crippen LogP) is 3.08. The molecule has 1 aliphatic heterocycles. The van der Waals surface area contributed by atoms with E-state index in [0.29, 0.717) is 31.4 Å². The number of hydrogen-bond acceptors (Lipinski definition) is 2. The molecule has 2 aromatic carbocycles. The van der Waals surface area contributed by atoms with Gasteiger partial charge in [-0.3, -0.25) is 9.59 Å². The lowest BCUT2D eigenvalue weighted by molar-refractivity contribution is -0.122. The standard InChI is InChI=1S/C20H21FN2O2/c21-17-7-3-1-5-14(17)11-12-22-19(24)10-9-16-13-15-6-2-4-8-18(15)23-20(16)25/h1-8,16H,9-13H2,(H,22,24)(H,23,25)/t16-/m1/s1. The second kappa shape index (κ2) is 7.92. The quantitative estimate of drug-likeness (QED) is 0.849. The summed E-state index contributed by atoms with van der Waals surface area (Å²) in [6.45, 7) is 0.388. The fourth-order valence-electron chi connectivity index (χ4n) is 3.08. The summed E-state index contributed by atoms with van der Waals surface area (Å²) < 4.78 is 13.5. The van der Waals surface area contributed by atoms with Gasteiger partial charge in [0.1, 0.15) is 5.82 Å². The number of anilines is 1. The van der Waals surface area contributed by atoms with Crippen LogP contribution in [0.5, 0.6) is 0 Å². The highest BCUT2D eigenvalue weighted by atomic mass is 19.1. The molecule has 3 rings (SSSR count). The highest BCUT2D eigenvalue weighted by molar-refractivity contribution is 5.96. The third-order valence-corrected chi connectivity index (χ3v) is 4.51. The predicted molar refractivity (Wildman–Crippen MR) is 94.6 cm³/mol. The maximum absolute atomic E-state index is 13.5. The van der Waals surface area contributed by atoms with E-state index in [9.17, 15) is 14.0 Å². The molecule has 5 heteroatoms. The normalized spacial score (nSPS) is 16.0. The largest absolute Gasteiger partial charge is 0.356 e. The zero-order valence-corrected chi connectivity index (χ0v) is 13.9. The summed E-state index contributed by atoms with van der Waals surface area (Å²) in [7, 11) is 0. The number of rotatable bonds is 6. The van der Waals surface area contributed by atoms with E-state index >= 15 is 0 Å². The first kappa shape index (κ1) is 17.1. The van der Waals surface area contributed by atoms with Crippen molar-refractivity contribution in [1.29, 1.82) is 0 Å². The van der Waals surface area contributed by atoms with Gasteiger partial charge in [0.05, 0.1) is 0 Å². The Morgan fingerprint density at radius 3 is 2.76 bits per heavy atom. The van der Waals surface area contributed by atoms with Gasteiger partial charge < -0.3 is 10.6 Å². The van der Waals surface area contributed by atoms with Crippen molar-refractivity contribution in [3.8, 4) is 0 Å². The highest BCUT2D eigenvalue weighted by Crippen LogP contribution is 2.27. The second-order valence-corrected chi connectivity index (χ2v) is 6.28. The van der Waals surface area contributed by atoms with Crippen LogP contribution in [0.25, 0.3) is 0 Å². The molecule has 2 aromatic rings. The third kappa shape index (κ3) is 4.44. The maximum Gasteiger partial charge on any atom is 0.227 e. The van der Waals surface area contributed by atoms with Crippen LogP contribution in [-0.2, 0) is 22.4 Å². The molecule has 0 fully saturated rings. The number of carbonyl (C=O) groups excluding carboxylic acids is 2. The number of nitrogens with one attached hydrogen (secondary N) is 2. The molecule has 1 heterocycles. The van der Waals surface area contributed by atoms with E-state index in [1.165, 1.54) is 6.07 Å². The molecule has 25 heavy (non-hydrogen) atoms. The summed E-state index contributed by atoms with van der Waals surface area (Å²) in [5.41, 5.74) is 2.55. The minimum absolute atomic E-state index is 0.0298. The van der Waals surface area contributed by atoms with Gasteiger partial charge in [-0.2, -0.15) is 0 Å². The van der Waals surface area contributed by atoms with Crippen LogP contribution in [0, 0.1) is 11.7 Å². The van der Waals surface area contributed by atoms with Crippen molar-refractivity contribution in [2.45, 2.75) is 25.7 Å². The third-order valence-electron chi connectivity index (χ3n) is 4.51. The summed E-state index contributed by atoms with van der Waals surface area (Å²) in [5.74, 6) is -0.581. The molecule has 4 nitrogen and oxygen atoms in total. The van der Waals surface area contributed by atoms with Gasteiger partial charge in [-0.05, 0) is 42.5 Å². The molecule has 2 amide bonds. The fraction of sp³-hybridized carbons (Fsp3) is 0.300. The molecule has 2 N–H and O–H groups in total. The topological polar surface area (TPSA) is 58.2 Å². The maximum atomic E-state index is 13.5. The monoisotopic (exact) mass is 340 g/mol. The van der Waals surface area contributed by atoms with E-state index in [1.807, 2.05) is 24.3 Å². The van der Waals surface area contributed by atoms with Crippen LogP contribution < -0.4 is 10.6 Å². The van der Waals surface area contributed by atoms with Gasteiger partial charge in [-0.15, -0.1) is 0 Å². The van der Waals surface area contributed by atoms with E-state index in [-0.39, 0.29) is 30.0 Å². The molecule has 0 bridgehead atoms. The van der Waals surface area contributed by atoms with Gasteiger partial charge >= 0.3 is 0 Å². The zero-order chi connectivity index (χ0) is 17.6. The van der Waals surface area contributed by atoms with Crippen LogP contribution in [0.3, 0.4) is 0 Å². The first-order chi connectivity index (χ1) is 12.1. The van der Waals surface area contributed by atoms with Crippen LogP contribution in [-0.4, -0.2) is 18.4 Å². The number of amides is 2. The summed E-state index contributed by atoms with van der Waals surface area (Å²) in [6.07, 6.45) is 1.91. The van der Waals surface area contributed by atoms with Gasteiger partial charge in [0.2, 0.25) is 11.8 Å². The smallest absolute Gasteiger partial charge is 0.227 e. The van der Waals surface area contributed by atoms with Crippen molar-refractivity contribution in [3.05, 3.63) is 65.5 Å². The Balaban J connectivity index is 1.43. The number of benzene rings is 2. The lowest BCUT2D eigenvalue weighted by atomic mass is 9.89. The Morgan fingerprint density at radius 2 is 1.92 bits per heavy atom. The molecule has 1 atom stereocenters. The highest BCUT2D eigenvalue weighted by Gasteiger charge is 2.26. The van der Waals surface area contributed by atoms with Crippen molar-refractivity contribution in [1.82, 2.24) is 5.32 Å². The van der Waals surface area contributed by atoms with Crippen molar-refractivity contribution in [2.75, 3.05) is 11.9 Å². The van der Waals surface area contributed by atoms with Crippen LogP contribution >= 0.6 is 0 Å². The molecule has 0 spiro atoms. The molecule has 0 aliphatic carbocycles. The average Bonchev–Trinajstić information content (AvgIpc) is 2.61. The van der Waals surface area contributed by atoms with Gasteiger partial charge in [0, 0.05) is 24.6 Å². The van der Waals surface area contributed by atoms with E-state index in [0.717, 1.165) is 11.3 Å². The molecule has 0 radical (unpaired) electrons. The molecule has 0 saturated carbocycles. The van der Waals surface area contributed by atoms with E-state index in [1.54, 1.807) is 18.2 Å². The SMILES string of the molecule is O=C(CC[C@@H]1Cc2ccccc2NC1=O)NCCc1ccccc1F. The van der Waals surface area contributed by atoms with Gasteiger partial charge in [0.25, 0.3) is 0 Å². The lowest BCUT2D eigenvalue weighted by Crippen LogP contribution is -2.32. The van der Waals surface area contributed by atoms with E-state index < -0.39 is 0 Å². The number of fused-ring (bicyclic) bond motifs is 1. The number of hydrogen-bond donors (Lipinski definition) is 2. The van der Waals surface area contributed by atoms with E-state index in [4.69, 9.17) is 0 Å². The van der Waals surface area contributed by atoms with E-state index in [2.05, 4.69) is 10.6 Å². The molecule has 1 aliphatic rings. The van der Waals surface area contributed by atoms with Gasteiger partial charge in [-0.1, -0.05) is 36.4 Å². The number of halogens is 1. The molecular weight excluding hydrogens is 319 g/mol. The Bertz CT molecular complexity index is 776. The van der Waals surface area contributed by atoms with Crippen molar-refractivity contribution in [3.63, 3.8) is 0 Å².